The van der Waals surface area contributed by atoms with E-state index >= 15 is 0 Å². The summed E-state index contributed by atoms with van der Waals surface area (Å²) >= 11 is 0. The fourth-order valence-corrected chi connectivity index (χ4v) is 6.08. The van der Waals surface area contributed by atoms with Gasteiger partial charge in [-0.25, -0.2) is 9.97 Å². The zero-order valence-electron chi connectivity index (χ0n) is 25.4. The molecule has 1 saturated heterocycles. The fraction of sp³-hybridized carbons (Fsp3) is 0.586. The number of carbonyl (C=O) groups is 2. The smallest absolute Gasteiger partial charge is 0.293 e. The Labute approximate surface area is 259 Å². The van der Waals surface area contributed by atoms with Crippen molar-refractivity contribution in [3.63, 3.8) is 0 Å². The van der Waals surface area contributed by atoms with Crippen molar-refractivity contribution in [2.45, 2.75) is 82.8 Å². The molecule has 4 atom stereocenters. The largest absolute Gasteiger partial charge is 0.457 e. The van der Waals surface area contributed by atoms with Crippen molar-refractivity contribution in [1.82, 2.24) is 39.2 Å². The van der Waals surface area contributed by atoms with Crippen molar-refractivity contribution < 1.29 is 28.3 Å². The second-order valence-corrected chi connectivity index (χ2v) is 11.4. The van der Waals surface area contributed by atoms with Gasteiger partial charge in [0.2, 0.25) is 5.95 Å². The zero-order valence-corrected chi connectivity index (χ0v) is 25.4. The summed E-state index contributed by atoms with van der Waals surface area (Å²) in [5.74, 6) is 2.20. The molecule has 16 nitrogen and oxygen atoms in total. The molecular formula is C29H38N10O6. The first-order chi connectivity index (χ1) is 22.1. The predicted molar refractivity (Wildman–Crippen MR) is 159 cm³/mol. The van der Waals surface area contributed by atoms with Crippen LogP contribution in [0.3, 0.4) is 0 Å². The highest BCUT2D eigenvalue weighted by molar-refractivity contribution is 5.84. The first-order valence-corrected chi connectivity index (χ1v) is 15.4. The molecule has 0 unspecified atom stereocenters. The van der Waals surface area contributed by atoms with Gasteiger partial charge in [-0.1, -0.05) is 44.2 Å². The highest BCUT2D eigenvalue weighted by Crippen LogP contribution is 2.42. The third kappa shape index (κ3) is 6.74. The Balaban J connectivity index is 1.31. The van der Waals surface area contributed by atoms with Gasteiger partial charge in [0.25, 0.3) is 18.8 Å². The van der Waals surface area contributed by atoms with Crippen LogP contribution in [0.25, 0.3) is 11.2 Å². The maximum atomic E-state index is 11.6. The summed E-state index contributed by atoms with van der Waals surface area (Å²) in [5, 5.41) is 10.7. The summed E-state index contributed by atoms with van der Waals surface area (Å²) in [4.78, 5) is 46.1. The number of rotatable bonds is 15. The average molecular weight is 623 g/mol. The summed E-state index contributed by atoms with van der Waals surface area (Å²) in [7, 11) is 1.93. The average Bonchev–Trinajstić information content (AvgIpc) is 3.85. The van der Waals surface area contributed by atoms with Gasteiger partial charge in [0.15, 0.2) is 47.3 Å². The van der Waals surface area contributed by atoms with Crippen LogP contribution >= 0.6 is 0 Å². The molecule has 2 aliphatic rings. The van der Waals surface area contributed by atoms with Crippen LogP contribution in [0.2, 0.25) is 0 Å². The number of nitrogens with zero attached hydrogens (tertiary/aromatic N) is 8. The van der Waals surface area contributed by atoms with Crippen LogP contribution in [0.5, 0.6) is 0 Å². The normalized spacial score (nSPS) is 22.0. The number of aryl methyl sites for hydroxylation is 2. The lowest BCUT2D eigenvalue weighted by Crippen LogP contribution is -2.34. The molecule has 0 aromatic carbocycles. The number of imidazole rings is 2. The lowest BCUT2D eigenvalue weighted by Gasteiger charge is -2.22. The van der Waals surface area contributed by atoms with Gasteiger partial charge >= 0.3 is 0 Å². The lowest BCUT2D eigenvalue weighted by atomic mass is 9.87. The van der Waals surface area contributed by atoms with Crippen molar-refractivity contribution >= 4 is 35.9 Å². The summed E-state index contributed by atoms with van der Waals surface area (Å²) in [6, 6.07) is 0. The van der Waals surface area contributed by atoms with Gasteiger partial charge in [-0.3, -0.25) is 14.2 Å². The molecule has 1 saturated carbocycles. The Hall–Kier alpha value is -4.60. The monoisotopic (exact) mass is 622 g/mol. The molecule has 4 aromatic heterocycles. The Kier molecular flexibility index (Phi) is 9.47. The van der Waals surface area contributed by atoms with E-state index in [2.05, 4.69) is 30.7 Å². The SMILES string of the molecule is CCc1noc([C@H]2O[C@@H](n3cnc4c(NCCC5CCCCC5)nc(NCCc5cn(C)cn5)nc43)[C@H](OC=O)[C@@H]2OC=O)n1. The molecule has 16 heteroatoms. The van der Waals surface area contributed by atoms with E-state index in [1.807, 2.05) is 24.7 Å². The molecule has 2 fully saturated rings. The van der Waals surface area contributed by atoms with E-state index in [0.29, 0.717) is 54.1 Å². The Morgan fingerprint density at radius 1 is 1.00 bits per heavy atom. The van der Waals surface area contributed by atoms with E-state index in [-0.39, 0.29) is 18.8 Å². The molecule has 4 aromatic rings. The van der Waals surface area contributed by atoms with E-state index in [1.165, 1.54) is 32.1 Å². The number of anilines is 2. The first kappa shape index (κ1) is 30.4. The van der Waals surface area contributed by atoms with Crippen LogP contribution < -0.4 is 10.6 Å². The Morgan fingerprint density at radius 3 is 2.56 bits per heavy atom. The van der Waals surface area contributed by atoms with Gasteiger partial charge in [0.05, 0.1) is 18.3 Å². The number of ether oxygens (including phenoxy) is 3. The minimum absolute atomic E-state index is 0.0988. The number of nitrogens with one attached hydrogen (secondary N) is 2. The van der Waals surface area contributed by atoms with E-state index < -0.39 is 24.5 Å². The molecule has 45 heavy (non-hydrogen) atoms. The third-order valence-electron chi connectivity index (χ3n) is 8.35. The second kappa shape index (κ2) is 14.0. The first-order valence-electron chi connectivity index (χ1n) is 15.4. The number of aromatic nitrogens is 8. The molecular weight excluding hydrogens is 584 g/mol. The third-order valence-corrected chi connectivity index (χ3v) is 8.35. The number of carbonyl (C=O) groups excluding carboxylic acids is 2. The molecule has 0 amide bonds. The maximum absolute atomic E-state index is 11.6. The minimum Gasteiger partial charge on any atom is -0.457 e. The van der Waals surface area contributed by atoms with Gasteiger partial charge in [-0.05, 0) is 12.3 Å². The van der Waals surface area contributed by atoms with E-state index in [1.54, 1.807) is 17.2 Å². The van der Waals surface area contributed by atoms with Gasteiger partial charge in [-0.15, -0.1) is 0 Å². The summed E-state index contributed by atoms with van der Waals surface area (Å²) in [6.07, 6.45) is 9.75. The molecule has 0 radical (unpaired) electrons. The standard InChI is InChI=1S/C29H38N10O6/c1-3-20-34-27(45-37-20)23-22(42-16-40)24(43-17-41)28(44-23)39-15-33-21-25(30-11-9-18-7-5-4-6-8-18)35-29(36-26(21)39)31-12-10-19-13-38(2)14-32-19/h13-18,22-24,28H,3-12H2,1-2H3,(H2,30,31,35,36)/t22-,23+,24-,28-/m1/s1. The van der Waals surface area contributed by atoms with Crippen LogP contribution in [0, 0.1) is 5.92 Å². The van der Waals surface area contributed by atoms with Gasteiger partial charge in [0.1, 0.15) is 0 Å². The van der Waals surface area contributed by atoms with Gasteiger partial charge < -0.3 is 33.9 Å². The highest BCUT2D eigenvalue weighted by atomic mass is 16.6. The highest BCUT2D eigenvalue weighted by Gasteiger charge is 2.52. The van der Waals surface area contributed by atoms with Crippen LogP contribution in [-0.4, -0.2) is 77.5 Å². The molecule has 1 aliphatic heterocycles. The Morgan fingerprint density at radius 2 is 1.82 bits per heavy atom. The van der Waals surface area contributed by atoms with Crippen molar-refractivity contribution in [3.05, 3.63) is 36.3 Å². The number of hydrogen-bond acceptors (Lipinski definition) is 14. The quantitative estimate of drug-likeness (QED) is 0.184. The topological polar surface area (TPSA) is 186 Å². The zero-order chi connectivity index (χ0) is 31.2. The molecule has 5 heterocycles. The van der Waals surface area contributed by atoms with Crippen LogP contribution in [0.15, 0.2) is 23.4 Å². The molecule has 0 bridgehead atoms. The van der Waals surface area contributed by atoms with Crippen molar-refractivity contribution in [2.24, 2.45) is 13.0 Å². The number of fused-ring (bicyclic) bond motifs is 1. The molecule has 1 aliphatic carbocycles. The summed E-state index contributed by atoms with van der Waals surface area (Å²) < 4.78 is 26.1. The molecule has 240 valence electrons. The Bertz CT molecular complexity index is 1580. The summed E-state index contributed by atoms with van der Waals surface area (Å²) in [5.41, 5.74) is 1.89. The molecule has 6 rings (SSSR count). The predicted octanol–water partition coefficient (Wildman–Crippen LogP) is 2.90. The minimum atomic E-state index is -1.06. The van der Waals surface area contributed by atoms with E-state index in [9.17, 15) is 9.59 Å². The maximum Gasteiger partial charge on any atom is 0.293 e. The van der Waals surface area contributed by atoms with Crippen LogP contribution in [-0.2, 0) is 43.7 Å². The van der Waals surface area contributed by atoms with Crippen molar-refractivity contribution in [2.75, 3.05) is 23.7 Å². The van der Waals surface area contributed by atoms with Crippen molar-refractivity contribution in [1.29, 1.82) is 0 Å². The van der Waals surface area contributed by atoms with E-state index in [0.717, 1.165) is 18.7 Å². The second-order valence-electron chi connectivity index (χ2n) is 11.4. The van der Waals surface area contributed by atoms with Gasteiger partial charge in [-0.2, -0.15) is 15.0 Å². The lowest BCUT2D eigenvalue weighted by molar-refractivity contribution is -0.151. The fourth-order valence-electron chi connectivity index (χ4n) is 6.08. The molecule has 2 N–H and O–H groups in total. The van der Waals surface area contributed by atoms with Gasteiger partial charge in [0, 0.05) is 39.2 Å². The van der Waals surface area contributed by atoms with Crippen LogP contribution in [0.4, 0.5) is 11.8 Å². The van der Waals surface area contributed by atoms with Crippen LogP contribution in [0.1, 0.15) is 75.2 Å². The number of hydrogen-bond donors (Lipinski definition) is 2. The molecule has 0 spiro atoms. The van der Waals surface area contributed by atoms with Crippen molar-refractivity contribution in [3.8, 4) is 0 Å². The summed E-state index contributed by atoms with van der Waals surface area (Å²) in [6.45, 7) is 3.72. The van der Waals surface area contributed by atoms with E-state index in [4.69, 9.17) is 28.7 Å².